The number of halogens is 2. The number of carbonyl (C=O) groups excluding carboxylic acids is 1. The van der Waals surface area contributed by atoms with Crippen molar-refractivity contribution in [1.29, 1.82) is 0 Å². The summed E-state index contributed by atoms with van der Waals surface area (Å²) in [5.74, 6) is -0.644. The van der Waals surface area contributed by atoms with Crippen molar-refractivity contribution in [3.05, 3.63) is 125 Å². The molecule has 0 aliphatic carbocycles. The quantitative estimate of drug-likeness (QED) is 0.454. The molecule has 1 aromatic heterocycles. The van der Waals surface area contributed by atoms with Crippen LogP contribution in [0.2, 0.25) is 0 Å². The second-order valence-electron chi connectivity index (χ2n) is 7.80. The number of para-hydroxylation sites is 1. The van der Waals surface area contributed by atoms with Crippen LogP contribution in [0, 0.1) is 11.6 Å². The first-order chi connectivity index (χ1) is 15.6. The molecule has 0 radical (unpaired) electrons. The number of carbonyl (C=O) groups is 1. The predicted molar refractivity (Wildman–Crippen MR) is 118 cm³/mol. The largest absolute Gasteiger partial charge is 0.334 e. The highest BCUT2D eigenvalue weighted by molar-refractivity contribution is 5.76. The summed E-state index contributed by atoms with van der Waals surface area (Å²) in [5, 5.41) is 2.96. The van der Waals surface area contributed by atoms with Crippen molar-refractivity contribution in [2.24, 2.45) is 0 Å². The molecule has 1 aliphatic heterocycles. The first-order valence-corrected chi connectivity index (χ1v) is 10.4. The van der Waals surface area contributed by atoms with Crippen LogP contribution in [-0.2, 0) is 13.1 Å². The Kier molecular flexibility index (Phi) is 5.19. The van der Waals surface area contributed by atoms with Gasteiger partial charge >= 0.3 is 6.03 Å². The fourth-order valence-electron chi connectivity index (χ4n) is 4.22. The minimum absolute atomic E-state index is 0.256. The summed E-state index contributed by atoms with van der Waals surface area (Å²) in [6.07, 6.45) is 1.98. The Labute approximate surface area is 184 Å². The molecule has 0 saturated heterocycles. The van der Waals surface area contributed by atoms with Crippen LogP contribution in [0.3, 0.4) is 0 Å². The van der Waals surface area contributed by atoms with Crippen molar-refractivity contribution in [2.45, 2.75) is 19.1 Å². The highest BCUT2D eigenvalue weighted by atomic mass is 19.1. The molecule has 0 spiro atoms. The summed E-state index contributed by atoms with van der Waals surface area (Å²) in [6, 6.07) is 23.5. The molecule has 2 amide bonds. The third-order valence-corrected chi connectivity index (χ3v) is 5.77. The Bertz CT molecular complexity index is 1250. The molecule has 32 heavy (non-hydrogen) atoms. The van der Waals surface area contributed by atoms with Gasteiger partial charge in [-0.2, -0.15) is 0 Å². The number of urea groups is 1. The van der Waals surface area contributed by atoms with Crippen molar-refractivity contribution in [1.82, 2.24) is 14.8 Å². The van der Waals surface area contributed by atoms with E-state index in [9.17, 15) is 13.6 Å². The summed E-state index contributed by atoms with van der Waals surface area (Å²) < 4.78 is 28.9. The van der Waals surface area contributed by atoms with Gasteiger partial charge in [-0.3, -0.25) is 0 Å². The topological polar surface area (TPSA) is 37.3 Å². The molecule has 4 nitrogen and oxygen atoms in total. The Morgan fingerprint density at radius 1 is 0.875 bits per heavy atom. The van der Waals surface area contributed by atoms with Crippen molar-refractivity contribution in [3.63, 3.8) is 0 Å². The van der Waals surface area contributed by atoms with E-state index < -0.39 is 6.04 Å². The maximum atomic E-state index is 13.7. The average Bonchev–Trinajstić information content (AvgIpc) is 3.24. The lowest BCUT2D eigenvalue weighted by atomic mass is 10.0. The molecule has 6 heteroatoms. The van der Waals surface area contributed by atoms with Crippen molar-refractivity contribution in [2.75, 3.05) is 0 Å². The van der Waals surface area contributed by atoms with Gasteiger partial charge in [-0.1, -0.05) is 42.5 Å². The van der Waals surface area contributed by atoms with E-state index in [2.05, 4.69) is 9.88 Å². The van der Waals surface area contributed by atoms with Gasteiger partial charge in [-0.05, 0) is 59.2 Å². The third-order valence-electron chi connectivity index (χ3n) is 5.77. The highest BCUT2D eigenvalue weighted by Gasteiger charge is 2.32. The van der Waals surface area contributed by atoms with E-state index in [1.54, 1.807) is 29.2 Å². The number of hydrogen-bond donors (Lipinski definition) is 1. The fourth-order valence-corrected chi connectivity index (χ4v) is 4.22. The monoisotopic (exact) mass is 429 g/mol. The lowest BCUT2D eigenvalue weighted by Gasteiger charge is -2.31. The number of amides is 2. The van der Waals surface area contributed by atoms with Gasteiger partial charge in [0.1, 0.15) is 11.6 Å². The molecule has 4 aromatic rings. The average molecular weight is 429 g/mol. The van der Waals surface area contributed by atoms with Crippen LogP contribution < -0.4 is 5.32 Å². The molecular formula is C26H21F2N3O. The number of rotatable bonds is 3. The zero-order valence-corrected chi connectivity index (χ0v) is 17.2. The smallest absolute Gasteiger partial charge is 0.318 e. The lowest BCUT2D eigenvalue weighted by molar-refractivity contribution is 0.180. The molecule has 5 rings (SSSR count). The summed E-state index contributed by atoms with van der Waals surface area (Å²) in [7, 11) is 0. The van der Waals surface area contributed by atoms with Crippen molar-refractivity contribution in [3.8, 4) is 5.69 Å². The summed E-state index contributed by atoms with van der Waals surface area (Å²) in [4.78, 5) is 15.2. The van der Waals surface area contributed by atoms with E-state index in [0.29, 0.717) is 6.54 Å². The Hall–Kier alpha value is -3.93. The van der Waals surface area contributed by atoms with E-state index in [1.807, 2.05) is 42.6 Å². The van der Waals surface area contributed by atoms with Crippen LogP contribution in [-0.4, -0.2) is 15.5 Å². The molecule has 0 saturated carbocycles. The highest BCUT2D eigenvalue weighted by Crippen LogP contribution is 2.36. The molecule has 1 unspecified atom stereocenters. The number of fused-ring (bicyclic) bond motifs is 3. The molecular weight excluding hydrogens is 408 g/mol. The Morgan fingerprint density at radius 3 is 2.31 bits per heavy atom. The van der Waals surface area contributed by atoms with Crippen LogP contribution >= 0.6 is 0 Å². The number of benzene rings is 3. The van der Waals surface area contributed by atoms with Gasteiger partial charge in [0.25, 0.3) is 0 Å². The van der Waals surface area contributed by atoms with Gasteiger partial charge < -0.3 is 14.8 Å². The van der Waals surface area contributed by atoms with Gasteiger partial charge in [-0.25, -0.2) is 13.6 Å². The summed E-state index contributed by atoms with van der Waals surface area (Å²) in [5.41, 5.74) is 4.55. The summed E-state index contributed by atoms with van der Waals surface area (Å²) in [6.45, 7) is 0.656. The van der Waals surface area contributed by atoms with E-state index >= 15 is 0 Å². The number of nitrogens with zero attached hydrogens (tertiary/aromatic N) is 2. The standard InChI is InChI=1S/C26H21F2N3O/c27-21-11-7-18(8-12-21)16-29-26(32)31-17-20-4-1-2-5-23(20)30-15-3-6-24(30)25(31)19-9-13-22(28)14-10-19/h1-15,25H,16-17H2,(H,29,32). The Morgan fingerprint density at radius 2 is 1.56 bits per heavy atom. The normalized spacial score (nSPS) is 14.9. The minimum atomic E-state index is -0.411. The van der Waals surface area contributed by atoms with E-state index in [1.165, 1.54) is 24.3 Å². The molecule has 0 fully saturated rings. The first-order valence-electron chi connectivity index (χ1n) is 10.4. The number of hydrogen-bond acceptors (Lipinski definition) is 1. The van der Waals surface area contributed by atoms with Gasteiger partial charge in [0, 0.05) is 18.4 Å². The maximum Gasteiger partial charge on any atom is 0.318 e. The summed E-state index contributed by atoms with van der Waals surface area (Å²) >= 11 is 0. The van der Waals surface area contributed by atoms with Crippen molar-refractivity contribution >= 4 is 6.03 Å². The number of aromatic nitrogens is 1. The Balaban J connectivity index is 1.54. The lowest BCUT2D eigenvalue weighted by Crippen LogP contribution is -2.41. The molecule has 1 aliphatic rings. The molecule has 1 atom stereocenters. The van der Waals surface area contributed by atoms with Gasteiger partial charge in [-0.15, -0.1) is 0 Å². The minimum Gasteiger partial charge on any atom is -0.334 e. The first kappa shape index (κ1) is 20.0. The molecule has 3 aromatic carbocycles. The second kappa shape index (κ2) is 8.30. The third kappa shape index (κ3) is 3.75. The van der Waals surface area contributed by atoms with Crippen LogP contribution in [0.1, 0.15) is 28.4 Å². The second-order valence-corrected chi connectivity index (χ2v) is 7.80. The zero-order valence-electron chi connectivity index (χ0n) is 17.2. The predicted octanol–water partition coefficient (Wildman–Crippen LogP) is 5.57. The van der Waals surface area contributed by atoms with Gasteiger partial charge in [0.15, 0.2) is 0 Å². The molecule has 0 bridgehead atoms. The van der Waals surface area contributed by atoms with E-state index in [4.69, 9.17) is 0 Å². The van der Waals surface area contributed by atoms with Gasteiger partial charge in [0.2, 0.25) is 0 Å². The van der Waals surface area contributed by atoms with E-state index in [-0.39, 0.29) is 24.2 Å². The maximum absolute atomic E-state index is 13.7. The fraction of sp³-hybridized carbons (Fsp3) is 0.115. The zero-order chi connectivity index (χ0) is 22.1. The molecule has 2 heterocycles. The van der Waals surface area contributed by atoms with Crippen LogP contribution in [0.4, 0.5) is 13.6 Å². The SMILES string of the molecule is O=C(NCc1ccc(F)cc1)N1Cc2ccccc2-n2cccc2C1c1ccc(F)cc1. The van der Waals surface area contributed by atoms with Crippen LogP contribution in [0.15, 0.2) is 91.1 Å². The van der Waals surface area contributed by atoms with Crippen LogP contribution in [0.25, 0.3) is 5.69 Å². The number of nitrogens with one attached hydrogen (secondary N) is 1. The van der Waals surface area contributed by atoms with Crippen LogP contribution in [0.5, 0.6) is 0 Å². The van der Waals surface area contributed by atoms with Crippen molar-refractivity contribution < 1.29 is 13.6 Å². The van der Waals surface area contributed by atoms with Gasteiger partial charge in [0.05, 0.1) is 18.3 Å². The molecule has 160 valence electrons. The van der Waals surface area contributed by atoms with E-state index in [0.717, 1.165) is 28.1 Å². The molecule has 1 N–H and O–H groups in total.